The number of carbonyl (C=O) groups excluding carboxylic acids is 3. The highest BCUT2D eigenvalue weighted by molar-refractivity contribution is 7.21. The largest absolute Gasteiger partial charge is 0.457 e. The number of para-hydroxylation sites is 1. The monoisotopic (exact) mass is 605 g/mol. The van der Waals surface area contributed by atoms with Gasteiger partial charge in [-0.2, -0.15) is 0 Å². The Morgan fingerprint density at radius 3 is 2.56 bits per heavy atom. The Morgan fingerprint density at radius 2 is 1.86 bits per heavy atom. The molecule has 43 heavy (non-hydrogen) atoms. The third-order valence-electron chi connectivity index (χ3n) is 6.89. The SMILES string of the molecule is C=CC(=O)N1CCCC(NC(=O)c2sc3nccc4c3c2NC(=O)N4c2c(F)cc(Oc3ccccc3)cc2F)C1.CC. The smallest absolute Gasteiger partial charge is 0.331 e. The van der Waals surface area contributed by atoms with Gasteiger partial charge in [0.15, 0.2) is 11.6 Å². The van der Waals surface area contributed by atoms with Gasteiger partial charge >= 0.3 is 6.03 Å². The first kappa shape index (κ1) is 29.6. The van der Waals surface area contributed by atoms with E-state index in [9.17, 15) is 14.4 Å². The molecule has 2 aromatic carbocycles. The topological polar surface area (TPSA) is 104 Å². The number of carbonyl (C=O) groups is 3. The zero-order chi connectivity index (χ0) is 30.7. The summed E-state index contributed by atoms with van der Waals surface area (Å²) in [5.74, 6) is -2.35. The van der Waals surface area contributed by atoms with Gasteiger partial charge in [0.25, 0.3) is 5.91 Å². The molecular weight excluding hydrogens is 576 g/mol. The molecule has 4 heterocycles. The van der Waals surface area contributed by atoms with E-state index >= 15 is 8.78 Å². The number of hydrogen-bond acceptors (Lipinski definition) is 6. The Bertz CT molecular complexity index is 1690. The number of aromatic nitrogens is 1. The van der Waals surface area contributed by atoms with Crippen LogP contribution in [-0.4, -0.2) is 46.9 Å². The number of halogens is 2. The molecule has 9 nitrogen and oxygen atoms in total. The van der Waals surface area contributed by atoms with Crippen LogP contribution in [0, 0.1) is 11.6 Å². The van der Waals surface area contributed by atoms with Crippen LogP contribution in [0.2, 0.25) is 0 Å². The van der Waals surface area contributed by atoms with E-state index in [-0.39, 0.29) is 34.0 Å². The molecule has 1 unspecified atom stereocenters. The highest BCUT2D eigenvalue weighted by Crippen LogP contribution is 2.47. The number of nitrogens with zero attached hydrogens (tertiary/aromatic N) is 3. The lowest BCUT2D eigenvalue weighted by molar-refractivity contribution is -0.127. The summed E-state index contributed by atoms with van der Waals surface area (Å²) in [4.78, 5) is 46.2. The number of benzene rings is 2. The van der Waals surface area contributed by atoms with E-state index in [1.165, 1.54) is 18.3 Å². The summed E-state index contributed by atoms with van der Waals surface area (Å²) >= 11 is 1.05. The molecule has 12 heteroatoms. The van der Waals surface area contributed by atoms with E-state index in [4.69, 9.17) is 4.74 Å². The van der Waals surface area contributed by atoms with Crippen LogP contribution in [0.4, 0.5) is 30.6 Å². The first-order chi connectivity index (χ1) is 20.8. The number of nitrogens with one attached hydrogen (secondary N) is 2. The lowest BCUT2D eigenvalue weighted by Gasteiger charge is -2.32. The third kappa shape index (κ3) is 5.78. The van der Waals surface area contributed by atoms with Crippen molar-refractivity contribution in [3.63, 3.8) is 0 Å². The summed E-state index contributed by atoms with van der Waals surface area (Å²) in [6.45, 7) is 8.43. The van der Waals surface area contributed by atoms with E-state index in [2.05, 4.69) is 22.2 Å². The molecule has 1 saturated heterocycles. The standard InChI is InChI=1S/C29H23F2N5O4S.C2H6/c1-2-22(37)35-12-6-7-16(15-35)33-27(38)26-24-23-21(10-11-32-28(23)41-26)36(29(39)34-24)25-19(30)13-18(14-20(25)31)40-17-8-4-3-5-9-17;1-2/h2-5,8-11,13-14,16H,1,6-7,12,15H2,(H,33,38)(H,34,39);1-2H3. The first-order valence-corrected chi connectivity index (χ1v) is 14.6. The summed E-state index contributed by atoms with van der Waals surface area (Å²) in [5.41, 5.74) is -0.196. The molecule has 0 saturated carbocycles. The number of rotatable bonds is 6. The summed E-state index contributed by atoms with van der Waals surface area (Å²) in [7, 11) is 0. The van der Waals surface area contributed by atoms with Gasteiger partial charge in [-0.1, -0.05) is 38.6 Å². The summed E-state index contributed by atoms with van der Waals surface area (Å²) < 4.78 is 36.3. The molecular formula is C31H29F2N5O4S. The predicted molar refractivity (Wildman–Crippen MR) is 162 cm³/mol. The molecule has 4 aromatic rings. The Kier molecular flexibility index (Phi) is 8.67. The van der Waals surface area contributed by atoms with Crippen molar-refractivity contribution in [1.29, 1.82) is 0 Å². The van der Waals surface area contributed by atoms with Crippen LogP contribution >= 0.6 is 11.3 Å². The molecule has 2 aliphatic rings. The van der Waals surface area contributed by atoms with Crippen molar-refractivity contribution in [2.45, 2.75) is 32.7 Å². The first-order valence-electron chi connectivity index (χ1n) is 13.8. The highest BCUT2D eigenvalue weighted by Gasteiger charge is 2.36. The normalized spacial score (nSPS) is 15.7. The molecule has 2 aromatic heterocycles. The van der Waals surface area contributed by atoms with Gasteiger partial charge in [-0.3, -0.25) is 14.5 Å². The van der Waals surface area contributed by atoms with Crippen molar-refractivity contribution in [2.24, 2.45) is 0 Å². The van der Waals surface area contributed by atoms with Gasteiger partial charge in [-0.25, -0.2) is 18.6 Å². The average Bonchev–Trinajstić information content (AvgIpc) is 3.39. The second kappa shape index (κ2) is 12.6. The molecule has 1 fully saturated rings. The number of amides is 4. The minimum Gasteiger partial charge on any atom is -0.457 e. The van der Waals surface area contributed by atoms with Gasteiger partial charge in [0.2, 0.25) is 5.91 Å². The minimum atomic E-state index is -1.01. The predicted octanol–water partition coefficient (Wildman–Crippen LogP) is 6.98. The maximum Gasteiger partial charge on any atom is 0.331 e. The number of thiophene rings is 1. The lowest BCUT2D eigenvalue weighted by atomic mass is 10.1. The molecule has 2 aliphatic heterocycles. The number of ether oxygens (including phenoxy) is 1. The molecule has 222 valence electrons. The van der Waals surface area contributed by atoms with Crippen molar-refractivity contribution in [3.8, 4) is 11.5 Å². The number of urea groups is 1. The van der Waals surface area contributed by atoms with Crippen molar-refractivity contribution in [1.82, 2.24) is 15.2 Å². The van der Waals surface area contributed by atoms with Crippen molar-refractivity contribution in [2.75, 3.05) is 23.3 Å². The molecule has 2 N–H and O–H groups in total. The zero-order valence-corrected chi connectivity index (χ0v) is 24.3. The summed E-state index contributed by atoms with van der Waals surface area (Å²) in [5, 5.41) is 5.97. The summed E-state index contributed by atoms with van der Waals surface area (Å²) in [6, 6.07) is 10.9. The average molecular weight is 606 g/mol. The Labute approximate surface area is 250 Å². The second-order valence-corrected chi connectivity index (χ2v) is 10.5. The Balaban J connectivity index is 0.00000180. The van der Waals surface area contributed by atoms with Crippen LogP contribution < -0.4 is 20.3 Å². The number of anilines is 3. The maximum absolute atomic E-state index is 15.4. The van der Waals surface area contributed by atoms with Crippen molar-refractivity contribution < 1.29 is 27.9 Å². The fourth-order valence-electron chi connectivity index (χ4n) is 5.08. The van der Waals surface area contributed by atoms with Crippen molar-refractivity contribution >= 4 is 56.5 Å². The van der Waals surface area contributed by atoms with E-state index in [0.29, 0.717) is 41.9 Å². The number of hydrogen-bond donors (Lipinski definition) is 2. The van der Waals surface area contributed by atoms with Gasteiger partial charge < -0.3 is 20.3 Å². The fraction of sp³-hybridized carbons (Fsp3) is 0.226. The molecule has 6 rings (SSSR count). The Hall–Kier alpha value is -4.84. The molecule has 4 amide bonds. The molecule has 0 bridgehead atoms. The number of likely N-dealkylation sites (tertiary alicyclic amines) is 1. The van der Waals surface area contributed by atoms with Gasteiger partial charge in [0.1, 0.15) is 26.9 Å². The van der Waals surface area contributed by atoms with E-state index in [0.717, 1.165) is 28.4 Å². The quantitative estimate of drug-likeness (QED) is 0.231. The number of piperidine rings is 1. The van der Waals surface area contributed by atoms with Crippen LogP contribution in [0.1, 0.15) is 36.4 Å². The molecule has 0 aliphatic carbocycles. The fourth-order valence-corrected chi connectivity index (χ4v) is 6.10. The van der Waals surface area contributed by atoms with Gasteiger partial charge in [0.05, 0.1) is 16.8 Å². The van der Waals surface area contributed by atoms with Crippen LogP contribution in [0.15, 0.2) is 67.4 Å². The third-order valence-corrected chi connectivity index (χ3v) is 7.98. The minimum absolute atomic E-state index is 0.0708. The Morgan fingerprint density at radius 1 is 1.14 bits per heavy atom. The van der Waals surface area contributed by atoms with E-state index in [1.54, 1.807) is 35.2 Å². The second-order valence-electron chi connectivity index (χ2n) is 9.53. The number of pyridine rings is 1. The van der Waals surface area contributed by atoms with Gasteiger partial charge in [-0.05, 0) is 37.1 Å². The van der Waals surface area contributed by atoms with Gasteiger partial charge in [-0.15, -0.1) is 11.3 Å². The maximum atomic E-state index is 15.4. The van der Waals surface area contributed by atoms with Crippen LogP contribution in [0.3, 0.4) is 0 Å². The molecule has 1 atom stereocenters. The van der Waals surface area contributed by atoms with Crippen LogP contribution in [-0.2, 0) is 4.79 Å². The highest BCUT2D eigenvalue weighted by atomic mass is 32.1. The molecule has 0 spiro atoms. The summed E-state index contributed by atoms with van der Waals surface area (Å²) in [6.07, 6.45) is 4.05. The molecule has 0 radical (unpaired) electrons. The lowest BCUT2D eigenvalue weighted by Crippen LogP contribution is -2.49. The zero-order valence-electron chi connectivity index (χ0n) is 23.5. The van der Waals surface area contributed by atoms with Crippen LogP contribution in [0.25, 0.3) is 10.2 Å². The van der Waals surface area contributed by atoms with E-state index in [1.807, 2.05) is 13.8 Å². The van der Waals surface area contributed by atoms with Crippen molar-refractivity contribution in [3.05, 3.63) is 83.9 Å². The van der Waals surface area contributed by atoms with Crippen LogP contribution in [0.5, 0.6) is 11.5 Å². The van der Waals surface area contributed by atoms with E-state index < -0.39 is 29.3 Å². The van der Waals surface area contributed by atoms with Gasteiger partial charge in [0, 0.05) is 37.5 Å².